The van der Waals surface area contributed by atoms with Crippen molar-refractivity contribution >= 4 is 39.5 Å². The lowest BCUT2D eigenvalue weighted by Crippen LogP contribution is -2.30. The monoisotopic (exact) mass is 1560 g/mol. The highest BCUT2D eigenvalue weighted by Gasteiger charge is 2.30. The van der Waals surface area contributed by atoms with Gasteiger partial charge in [0.05, 0.1) is 26.4 Å². The fourth-order valence-electron chi connectivity index (χ4n) is 11.8. The molecular weight excluding hydrogens is 1400 g/mol. The number of phosphoric ester groups is 2. The maximum absolute atomic E-state index is 13.1. The van der Waals surface area contributed by atoms with Gasteiger partial charge in [-0.2, -0.15) is 0 Å². The van der Waals surface area contributed by atoms with Gasteiger partial charge >= 0.3 is 39.5 Å². The Morgan fingerprint density at radius 1 is 0.259 bits per heavy atom. The summed E-state index contributed by atoms with van der Waals surface area (Å²) in [7, 11) is -9.97. The third-order valence-electron chi connectivity index (χ3n) is 18.5. The Bertz CT molecular complexity index is 2420. The minimum atomic E-state index is -4.99. The number of hydrogen-bond donors (Lipinski definition) is 3. The van der Waals surface area contributed by atoms with Crippen LogP contribution >= 0.6 is 15.6 Å². The topological polar surface area (TPSA) is 237 Å². The zero-order valence-corrected chi connectivity index (χ0v) is 70.6. The van der Waals surface area contributed by atoms with Gasteiger partial charge in [0.15, 0.2) is 12.2 Å². The number of allylic oxidation sites excluding steroid dienone is 16. The first-order valence-corrected chi connectivity index (χ1v) is 46.5. The van der Waals surface area contributed by atoms with Crippen LogP contribution in [0.1, 0.15) is 387 Å². The van der Waals surface area contributed by atoms with E-state index >= 15 is 0 Å². The van der Waals surface area contributed by atoms with Crippen LogP contribution in [-0.2, 0) is 65.4 Å². The molecule has 17 nitrogen and oxygen atoms in total. The molecule has 19 heteroatoms. The summed E-state index contributed by atoms with van der Waals surface area (Å²) < 4.78 is 68.8. The molecule has 626 valence electrons. The molecule has 0 aliphatic rings. The zero-order chi connectivity index (χ0) is 78.9. The van der Waals surface area contributed by atoms with Gasteiger partial charge in [-0.3, -0.25) is 37.3 Å². The van der Waals surface area contributed by atoms with E-state index in [-0.39, 0.29) is 25.7 Å². The smallest absolute Gasteiger partial charge is 0.462 e. The maximum Gasteiger partial charge on any atom is 0.472 e. The van der Waals surface area contributed by atoms with Crippen LogP contribution in [0, 0.1) is 0 Å². The Kier molecular flexibility index (Phi) is 78.0. The lowest BCUT2D eigenvalue weighted by atomic mass is 10.1. The van der Waals surface area contributed by atoms with Gasteiger partial charge in [0.2, 0.25) is 0 Å². The van der Waals surface area contributed by atoms with E-state index in [1.54, 1.807) is 0 Å². The molecule has 108 heavy (non-hydrogen) atoms. The van der Waals surface area contributed by atoms with Crippen LogP contribution < -0.4 is 0 Å². The van der Waals surface area contributed by atoms with Crippen molar-refractivity contribution in [2.45, 2.75) is 406 Å². The summed E-state index contributed by atoms with van der Waals surface area (Å²) in [5, 5.41) is 10.7. The molecule has 0 amide bonds. The van der Waals surface area contributed by atoms with E-state index in [9.17, 15) is 43.2 Å². The van der Waals surface area contributed by atoms with Crippen molar-refractivity contribution in [1.82, 2.24) is 0 Å². The van der Waals surface area contributed by atoms with E-state index in [1.165, 1.54) is 116 Å². The predicted molar refractivity (Wildman–Crippen MR) is 446 cm³/mol. The Labute approximate surface area is 658 Å². The highest BCUT2D eigenvalue weighted by Crippen LogP contribution is 2.45. The largest absolute Gasteiger partial charge is 0.472 e. The van der Waals surface area contributed by atoms with Crippen LogP contribution in [0.4, 0.5) is 0 Å². The molecule has 5 atom stereocenters. The van der Waals surface area contributed by atoms with Crippen LogP contribution in [0.5, 0.6) is 0 Å². The molecule has 5 unspecified atom stereocenters. The van der Waals surface area contributed by atoms with Crippen molar-refractivity contribution in [2.24, 2.45) is 0 Å². The minimum Gasteiger partial charge on any atom is -0.462 e. The van der Waals surface area contributed by atoms with Gasteiger partial charge in [0.25, 0.3) is 0 Å². The van der Waals surface area contributed by atoms with Crippen LogP contribution in [0.15, 0.2) is 97.2 Å². The Morgan fingerprint density at radius 3 is 0.722 bits per heavy atom. The summed E-state index contributed by atoms with van der Waals surface area (Å²) in [5.41, 5.74) is 0. The number of carbonyl (C=O) groups is 4. The molecule has 0 aromatic carbocycles. The molecule has 0 heterocycles. The number of carbonyl (C=O) groups excluding carboxylic acids is 4. The number of aliphatic hydroxyl groups excluding tert-OH is 1. The Balaban J connectivity index is 5.39. The highest BCUT2D eigenvalue weighted by atomic mass is 31.2. The molecule has 0 aromatic rings. The van der Waals surface area contributed by atoms with Crippen molar-refractivity contribution in [2.75, 3.05) is 39.6 Å². The summed E-state index contributed by atoms with van der Waals surface area (Å²) in [6.45, 7) is 4.84. The third kappa shape index (κ3) is 80.0. The molecule has 0 bridgehead atoms. The maximum atomic E-state index is 13.1. The first-order valence-electron chi connectivity index (χ1n) is 43.5. The zero-order valence-electron chi connectivity index (χ0n) is 68.8. The van der Waals surface area contributed by atoms with E-state index < -0.39 is 97.5 Å². The fraction of sp³-hybridized carbons (Fsp3) is 0.775. The molecule has 0 rings (SSSR count). The number of esters is 4. The molecular formula is C89H158O17P2. The highest BCUT2D eigenvalue weighted by molar-refractivity contribution is 7.47. The van der Waals surface area contributed by atoms with Crippen molar-refractivity contribution in [3.05, 3.63) is 97.2 Å². The number of ether oxygens (including phenoxy) is 4. The summed E-state index contributed by atoms with van der Waals surface area (Å²) >= 11 is 0. The van der Waals surface area contributed by atoms with E-state index in [4.69, 9.17) is 37.0 Å². The first kappa shape index (κ1) is 104. The summed E-state index contributed by atoms with van der Waals surface area (Å²) in [6.07, 6.45) is 87.8. The summed E-state index contributed by atoms with van der Waals surface area (Å²) in [6, 6.07) is 0. The molecule has 3 N–H and O–H groups in total. The quantitative estimate of drug-likeness (QED) is 0.0169. The fourth-order valence-corrected chi connectivity index (χ4v) is 13.4. The predicted octanol–water partition coefficient (Wildman–Crippen LogP) is 25.9. The second-order valence-electron chi connectivity index (χ2n) is 29.1. The molecule has 0 radical (unpaired) electrons. The lowest BCUT2D eigenvalue weighted by Gasteiger charge is -2.21. The lowest BCUT2D eigenvalue weighted by molar-refractivity contribution is -0.161. The van der Waals surface area contributed by atoms with Crippen LogP contribution in [-0.4, -0.2) is 96.7 Å². The first-order chi connectivity index (χ1) is 52.7. The van der Waals surface area contributed by atoms with E-state index in [1.807, 2.05) is 0 Å². The molecule has 0 spiro atoms. The van der Waals surface area contributed by atoms with E-state index in [0.717, 1.165) is 193 Å². The Hall–Kier alpha value is -4.02. The molecule has 0 fully saturated rings. The summed E-state index contributed by atoms with van der Waals surface area (Å²) in [4.78, 5) is 73.3. The van der Waals surface area contributed by atoms with Crippen molar-refractivity contribution in [1.29, 1.82) is 0 Å². The van der Waals surface area contributed by atoms with Gasteiger partial charge in [-0.15, -0.1) is 0 Å². The average Bonchev–Trinajstić information content (AvgIpc) is 0.896. The van der Waals surface area contributed by atoms with Gasteiger partial charge in [-0.25, -0.2) is 9.13 Å². The van der Waals surface area contributed by atoms with Gasteiger partial charge in [-0.1, -0.05) is 305 Å². The van der Waals surface area contributed by atoms with Crippen molar-refractivity contribution < 1.29 is 80.2 Å². The van der Waals surface area contributed by atoms with Crippen molar-refractivity contribution in [3.63, 3.8) is 0 Å². The van der Waals surface area contributed by atoms with Crippen LogP contribution in [0.25, 0.3) is 0 Å². The number of hydrogen-bond acceptors (Lipinski definition) is 15. The molecule has 0 aliphatic carbocycles. The summed E-state index contributed by atoms with van der Waals surface area (Å²) in [5.74, 6) is -2.20. The average molecular weight is 1560 g/mol. The third-order valence-corrected chi connectivity index (χ3v) is 20.4. The molecule has 0 aliphatic heterocycles. The number of unbranched alkanes of at least 4 members (excludes halogenated alkanes) is 40. The normalized spacial score (nSPS) is 14.2. The molecule has 0 aromatic heterocycles. The number of phosphoric acid groups is 2. The van der Waals surface area contributed by atoms with Crippen LogP contribution in [0.2, 0.25) is 0 Å². The number of rotatable bonds is 82. The van der Waals surface area contributed by atoms with Crippen LogP contribution in [0.3, 0.4) is 0 Å². The second-order valence-corrected chi connectivity index (χ2v) is 32.0. The van der Waals surface area contributed by atoms with Gasteiger partial charge in [0, 0.05) is 25.7 Å². The number of aliphatic hydroxyl groups is 1. The Morgan fingerprint density at radius 2 is 0.454 bits per heavy atom. The van der Waals surface area contributed by atoms with Gasteiger partial charge in [-0.05, 0) is 154 Å². The van der Waals surface area contributed by atoms with Gasteiger partial charge < -0.3 is 33.8 Å². The van der Waals surface area contributed by atoms with Gasteiger partial charge in [0.1, 0.15) is 19.3 Å². The standard InChI is InChI=1S/C89H158O17P2/c1-5-9-13-17-21-25-29-33-37-39-41-43-47-50-54-58-62-66-70-74-87(92)100-80-85(106-89(94)76-72-68-64-60-56-52-48-44-42-40-38-34-30-26-22-18-14-10-6-2)82-104-108(97,98)102-78-83(90)77-101-107(95,96)103-81-84(105-88(93)75-71-67-63-59-55-51-46-36-32-28-24-20-16-12-8-4)79-99-86(91)73-69-65-61-57-53-49-45-35-31-27-23-19-15-11-7-3/h21-22,25-26,33-38,41-46,83-85,90H,5-20,23-24,27-32,39-40,47-82H2,1-4H3,(H,95,96)(H,97,98)/b25-21-,26-22-,37-33-,38-34-,43-41-,44-42-,45-35-,46-36-. The van der Waals surface area contributed by atoms with Crippen molar-refractivity contribution in [3.8, 4) is 0 Å². The van der Waals surface area contributed by atoms with E-state index in [0.29, 0.717) is 25.7 Å². The SMILES string of the molecule is CCCCC/C=C\C/C=C\C/C=C\CCCCCCCCC(=O)OCC(COP(=O)(O)OCC(O)COP(=O)(O)OCC(COC(=O)CCCCCCC/C=C\CCCCCCCC)OC(=O)CCCCCCC/C=C\CCCCCCCC)OC(=O)CCCCCCCC/C=C\C/C=C\C/C=C\CCCCC. The minimum absolute atomic E-state index is 0.0773. The molecule has 0 saturated heterocycles. The molecule has 0 saturated carbocycles. The second kappa shape index (κ2) is 81.0. The van der Waals surface area contributed by atoms with E-state index in [2.05, 4.69) is 125 Å².